The van der Waals surface area contributed by atoms with Crippen LogP contribution in [0.2, 0.25) is 5.02 Å². The van der Waals surface area contributed by atoms with Gasteiger partial charge in [0.25, 0.3) is 0 Å². The highest BCUT2D eigenvalue weighted by Gasteiger charge is 2.15. The van der Waals surface area contributed by atoms with Gasteiger partial charge in [-0.1, -0.05) is 90.5 Å². The summed E-state index contributed by atoms with van der Waals surface area (Å²) in [6.07, 6.45) is 8.87. The van der Waals surface area contributed by atoms with Gasteiger partial charge < -0.3 is 4.98 Å². The molecular weight excluding hydrogens is 412 g/mol. The fraction of sp³-hybridized carbons (Fsp3) is 0.172. The van der Waals surface area contributed by atoms with Crippen LogP contribution in [-0.4, -0.2) is 29.5 Å². The van der Waals surface area contributed by atoms with Crippen LogP contribution in [0.25, 0.3) is 28.2 Å². The minimum Gasteiger partial charge on any atom is -0.354 e. The lowest BCUT2D eigenvalue weighted by molar-refractivity contribution is 0.300. The first-order valence-electron chi connectivity index (χ1n) is 11.3. The highest BCUT2D eigenvalue weighted by atomic mass is 35.5. The van der Waals surface area contributed by atoms with Crippen LogP contribution in [-0.2, 0) is 6.42 Å². The molecule has 0 saturated carbocycles. The first kappa shape index (κ1) is 20.8. The number of rotatable bonds is 6. The predicted molar refractivity (Wildman–Crippen MR) is 137 cm³/mol. The number of aromatic amines is 1. The number of halogens is 1. The molecular formula is C29H27ClN2. The summed E-state index contributed by atoms with van der Waals surface area (Å²) in [4.78, 5) is 6.21. The van der Waals surface area contributed by atoms with Crippen molar-refractivity contribution in [2.24, 2.45) is 0 Å². The summed E-state index contributed by atoms with van der Waals surface area (Å²) in [6.45, 7) is 3.15. The largest absolute Gasteiger partial charge is 0.354 e. The van der Waals surface area contributed by atoms with Crippen LogP contribution >= 0.6 is 11.6 Å². The first-order chi connectivity index (χ1) is 15.8. The number of nitrogens with zero attached hydrogens (tertiary/aromatic N) is 1. The zero-order valence-corrected chi connectivity index (χ0v) is 18.9. The molecule has 1 aliphatic heterocycles. The van der Waals surface area contributed by atoms with Gasteiger partial charge >= 0.3 is 0 Å². The van der Waals surface area contributed by atoms with Crippen molar-refractivity contribution >= 4 is 28.6 Å². The van der Waals surface area contributed by atoms with E-state index < -0.39 is 0 Å². The number of benzene rings is 3. The smallest absolute Gasteiger partial charge is 0.0497 e. The number of fused-ring (bicyclic) bond motifs is 1. The molecule has 0 spiro atoms. The van der Waals surface area contributed by atoms with Gasteiger partial charge in [-0.3, -0.25) is 4.90 Å². The van der Waals surface area contributed by atoms with E-state index in [4.69, 9.17) is 11.6 Å². The zero-order valence-electron chi connectivity index (χ0n) is 18.1. The van der Waals surface area contributed by atoms with Gasteiger partial charge in [-0.05, 0) is 53.3 Å². The Morgan fingerprint density at radius 2 is 1.75 bits per heavy atom. The summed E-state index contributed by atoms with van der Waals surface area (Å²) in [7, 11) is 0. The van der Waals surface area contributed by atoms with Crippen molar-refractivity contribution in [3.05, 3.63) is 113 Å². The van der Waals surface area contributed by atoms with Crippen LogP contribution in [0.4, 0.5) is 0 Å². The minimum absolute atomic E-state index is 0.781. The quantitative estimate of drug-likeness (QED) is 0.332. The Morgan fingerprint density at radius 1 is 0.906 bits per heavy atom. The maximum atomic E-state index is 6.09. The monoisotopic (exact) mass is 438 g/mol. The SMILES string of the molecule is Clc1cccc(C=CC2=CCN(CCc3c(-c4ccccc4)[nH]c4ccccc34)CC2)c1. The van der Waals surface area contributed by atoms with Crippen molar-refractivity contribution in [1.29, 1.82) is 0 Å². The lowest BCUT2D eigenvalue weighted by Crippen LogP contribution is -2.30. The number of nitrogens with one attached hydrogen (secondary N) is 1. The Balaban J connectivity index is 1.28. The van der Waals surface area contributed by atoms with Crippen LogP contribution in [0.3, 0.4) is 0 Å². The fourth-order valence-electron chi connectivity index (χ4n) is 4.48. The number of para-hydroxylation sites is 1. The summed E-state index contributed by atoms with van der Waals surface area (Å²) in [5.41, 5.74) is 7.69. The van der Waals surface area contributed by atoms with Crippen LogP contribution in [0.1, 0.15) is 17.5 Å². The summed E-state index contributed by atoms with van der Waals surface area (Å²) in [5, 5.41) is 2.12. The molecule has 32 heavy (non-hydrogen) atoms. The van der Waals surface area contributed by atoms with Crippen LogP contribution in [0, 0.1) is 0 Å². The molecule has 0 amide bonds. The molecule has 1 N–H and O–H groups in total. The van der Waals surface area contributed by atoms with E-state index in [0.29, 0.717) is 0 Å². The molecule has 0 aliphatic carbocycles. The van der Waals surface area contributed by atoms with Gasteiger partial charge in [-0.25, -0.2) is 0 Å². The van der Waals surface area contributed by atoms with E-state index in [1.807, 2.05) is 18.2 Å². The Morgan fingerprint density at radius 3 is 2.56 bits per heavy atom. The number of hydrogen-bond acceptors (Lipinski definition) is 1. The highest BCUT2D eigenvalue weighted by Crippen LogP contribution is 2.31. The molecule has 0 atom stereocenters. The Labute approximate surface area is 194 Å². The molecule has 3 heteroatoms. The lowest BCUT2D eigenvalue weighted by atomic mass is 10.0. The Hall–Kier alpha value is -3.07. The van der Waals surface area contributed by atoms with Crippen molar-refractivity contribution in [2.75, 3.05) is 19.6 Å². The maximum absolute atomic E-state index is 6.09. The van der Waals surface area contributed by atoms with E-state index >= 15 is 0 Å². The van der Waals surface area contributed by atoms with Crippen molar-refractivity contribution in [2.45, 2.75) is 12.8 Å². The van der Waals surface area contributed by atoms with E-state index in [9.17, 15) is 0 Å². The Bertz CT molecular complexity index is 1270. The van der Waals surface area contributed by atoms with Crippen molar-refractivity contribution in [3.8, 4) is 11.3 Å². The third-order valence-electron chi connectivity index (χ3n) is 6.22. The zero-order chi connectivity index (χ0) is 21.8. The number of hydrogen-bond donors (Lipinski definition) is 1. The molecule has 2 nitrogen and oxygen atoms in total. The second-order valence-corrected chi connectivity index (χ2v) is 8.79. The van der Waals surface area contributed by atoms with E-state index in [2.05, 4.69) is 88.8 Å². The highest BCUT2D eigenvalue weighted by molar-refractivity contribution is 6.30. The Kier molecular flexibility index (Phi) is 6.24. The third kappa shape index (κ3) is 4.72. The molecule has 5 rings (SSSR count). The van der Waals surface area contributed by atoms with Crippen LogP contribution in [0.15, 0.2) is 96.6 Å². The lowest BCUT2D eigenvalue weighted by Gasteiger charge is -2.25. The van der Waals surface area contributed by atoms with Crippen LogP contribution in [0.5, 0.6) is 0 Å². The normalized spacial score (nSPS) is 14.8. The summed E-state index contributed by atoms with van der Waals surface area (Å²) in [6, 6.07) is 27.3. The molecule has 1 aromatic heterocycles. The molecule has 0 fully saturated rings. The molecule has 1 aliphatic rings. The molecule has 0 radical (unpaired) electrons. The summed E-state index contributed by atoms with van der Waals surface area (Å²) < 4.78 is 0. The van der Waals surface area contributed by atoms with Gasteiger partial charge in [0.15, 0.2) is 0 Å². The van der Waals surface area contributed by atoms with E-state index in [0.717, 1.165) is 43.1 Å². The average Bonchev–Trinajstić information content (AvgIpc) is 3.21. The topological polar surface area (TPSA) is 19.0 Å². The van der Waals surface area contributed by atoms with Crippen molar-refractivity contribution < 1.29 is 0 Å². The molecule has 0 unspecified atom stereocenters. The molecule has 0 saturated heterocycles. The average molecular weight is 439 g/mol. The summed E-state index contributed by atoms with van der Waals surface area (Å²) in [5.74, 6) is 0. The number of allylic oxidation sites excluding steroid dienone is 1. The van der Waals surface area contributed by atoms with Gasteiger partial charge in [0, 0.05) is 41.3 Å². The third-order valence-corrected chi connectivity index (χ3v) is 6.46. The fourth-order valence-corrected chi connectivity index (χ4v) is 4.67. The first-order valence-corrected chi connectivity index (χ1v) is 11.6. The van der Waals surface area contributed by atoms with Gasteiger partial charge in [0.2, 0.25) is 0 Å². The predicted octanol–water partition coefficient (Wildman–Crippen LogP) is 7.38. The van der Waals surface area contributed by atoms with Gasteiger partial charge in [0.05, 0.1) is 0 Å². The summed E-state index contributed by atoms with van der Waals surface area (Å²) >= 11 is 6.09. The van der Waals surface area contributed by atoms with Crippen molar-refractivity contribution in [1.82, 2.24) is 9.88 Å². The molecule has 3 aromatic carbocycles. The van der Waals surface area contributed by atoms with Crippen LogP contribution < -0.4 is 0 Å². The van der Waals surface area contributed by atoms with Gasteiger partial charge in [-0.15, -0.1) is 0 Å². The second-order valence-electron chi connectivity index (χ2n) is 8.36. The van der Waals surface area contributed by atoms with Crippen molar-refractivity contribution in [3.63, 3.8) is 0 Å². The van der Waals surface area contributed by atoms with E-state index in [-0.39, 0.29) is 0 Å². The second kappa shape index (κ2) is 9.60. The van der Waals surface area contributed by atoms with Gasteiger partial charge in [-0.2, -0.15) is 0 Å². The number of H-pyrrole nitrogens is 1. The van der Waals surface area contributed by atoms with Gasteiger partial charge in [0.1, 0.15) is 0 Å². The molecule has 160 valence electrons. The molecule has 0 bridgehead atoms. The number of aromatic nitrogens is 1. The van der Waals surface area contributed by atoms with E-state index in [1.165, 1.54) is 33.3 Å². The standard InChI is InChI=1S/C29H27ClN2/c30-25-10-6-7-23(21-25)14-13-22-15-18-32(19-16-22)20-17-27-26-11-4-5-12-28(26)31-29(27)24-8-2-1-3-9-24/h1-15,21,31H,16-20H2. The van der Waals surface area contributed by atoms with E-state index in [1.54, 1.807) is 0 Å². The maximum Gasteiger partial charge on any atom is 0.0497 e. The molecule has 2 heterocycles. The minimum atomic E-state index is 0.781. The molecule has 4 aromatic rings.